The van der Waals surface area contributed by atoms with Crippen LogP contribution in [0.1, 0.15) is 10.4 Å². The summed E-state index contributed by atoms with van der Waals surface area (Å²) in [5, 5.41) is 14.4. The highest BCUT2D eigenvalue weighted by Gasteiger charge is 2.23. The highest BCUT2D eigenvalue weighted by Crippen LogP contribution is 2.28. The number of hydrogen-bond acceptors (Lipinski definition) is 6. The van der Waals surface area contributed by atoms with Crippen LogP contribution in [0.2, 0.25) is 5.02 Å². The number of nitrogens with two attached hydrogens (primary N) is 1. The Morgan fingerprint density at radius 2 is 2.00 bits per heavy atom. The van der Waals surface area contributed by atoms with E-state index in [9.17, 15) is 14.7 Å². The molecule has 2 aromatic heterocycles. The van der Waals surface area contributed by atoms with E-state index in [4.69, 9.17) is 17.3 Å². The largest absolute Gasteiger partial charge is 0.494 e. The lowest BCUT2D eigenvalue weighted by Gasteiger charge is -2.11. The molecule has 7 nitrogen and oxygen atoms in total. The lowest BCUT2D eigenvalue weighted by molar-refractivity contribution is 0.0998. The van der Waals surface area contributed by atoms with Crippen molar-refractivity contribution in [3.8, 4) is 11.6 Å². The summed E-state index contributed by atoms with van der Waals surface area (Å²) >= 11 is 6.61. The number of fused-ring (bicyclic) bond motifs is 1. The van der Waals surface area contributed by atoms with Crippen LogP contribution in [0.25, 0.3) is 15.9 Å². The summed E-state index contributed by atoms with van der Waals surface area (Å²) < 4.78 is 4.74. The Hall–Kier alpha value is -2.45. The van der Waals surface area contributed by atoms with Crippen molar-refractivity contribution in [2.24, 2.45) is 5.73 Å². The number of halogens is 1. The number of carbonyl (C=O) groups is 1. The molecule has 0 spiro atoms. The summed E-state index contributed by atoms with van der Waals surface area (Å²) in [6, 6.07) is 6.16. The molecule has 0 fully saturated rings. The SMILES string of the molecule is NC(=O)c1c(O)n(-c2ccc(Cl)cc2)c(=O)c2nnsc12. The van der Waals surface area contributed by atoms with Crippen LogP contribution in [0.5, 0.6) is 5.88 Å². The molecule has 0 aliphatic heterocycles. The molecule has 106 valence electrons. The van der Waals surface area contributed by atoms with Crippen molar-refractivity contribution >= 4 is 39.3 Å². The van der Waals surface area contributed by atoms with Gasteiger partial charge in [-0.3, -0.25) is 9.59 Å². The molecule has 0 saturated heterocycles. The first-order chi connectivity index (χ1) is 10.0. The summed E-state index contributed by atoms with van der Waals surface area (Å²) in [6.07, 6.45) is 0. The molecule has 9 heteroatoms. The molecule has 0 aliphatic rings. The molecule has 0 saturated carbocycles. The van der Waals surface area contributed by atoms with Crippen LogP contribution in [-0.4, -0.2) is 25.2 Å². The molecule has 3 aromatic rings. The molecule has 0 atom stereocenters. The highest BCUT2D eigenvalue weighted by molar-refractivity contribution is 7.13. The first-order valence-electron chi connectivity index (χ1n) is 5.66. The standard InChI is InChI=1S/C12H7ClN4O3S/c13-5-1-3-6(4-2-5)17-11(19)7(10(14)18)9-8(12(17)20)15-16-21-9/h1-4,19H,(H2,14,18). The number of aromatic hydroxyl groups is 1. The smallest absolute Gasteiger partial charge is 0.287 e. The maximum Gasteiger partial charge on any atom is 0.287 e. The molecule has 21 heavy (non-hydrogen) atoms. The summed E-state index contributed by atoms with van der Waals surface area (Å²) in [5.74, 6) is -1.42. The van der Waals surface area contributed by atoms with Gasteiger partial charge >= 0.3 is 0 Å². The Morgan fingerprint density at radius 3 is 2.62 bits per heavy atom. The minimum Gasteiger partial charge on any atom is -0.494 e. The van der Waals surface area contributed by atoms with Gasteiger partial charge in [0, 0.05) is 5.02 Å². The second kappa shape index (κ2) is 4.83. The molecule has 1 amide bonds. The molecule has 3 rings (SSSR count). The third-order valence-electron chi connectivity index (χ3n) is 2.89. The normalized spacial score (nSPS) is 10.9. The van der Waals surface area contributed by atoms with E-state index in [1.807, 2.05) is 0 Å². The van der Waals surface area contributed by atoms with Crippen molar-refractivity contribution in [2.45, 2.75) is 0 Å². The van der Waals surface area contributed by atoms with E-state index in [1.54, 1.807) is 12.1 Å². The average Bonchev–Trinajstić information content (AvgIpc) is 2.90. The van der Waals surface area contributed by atoms with Crippen LogP contribution in [0, 0.1) is 0 Å². The van der Waals surface area contributed by atoms with E-state index < -0.39 is 17.3 Å². The molecule has 0 radical (unpaired) electrons. The maximum atomic E-state index is 12.4. The lowest BCUT2D eigenvalue weighted by Crippen LogP contribution is -2.23. The van der Waals surface area contributed by atoms with Gasteiger partial charge in [0.05, 0.1) is 10.4 Å². The number of primary amides is 1. The van der Waals surface area contributed by atoms with Gasteiger partial charge in [0.2, 0.25) is 5.88 Å². The summed E-state index contributed by atoms with van der Waals surface area (Å²) in [6.45, 7) is 0. The van der Waals surface area contributed by atoms with Gasteiger partial charge in [-0.05, 0) is 35.8 Å². The van der Waals surface area contributed by atoms with Crippen molar-refractivity contribution < 1.29 is 9.90 Å². The van der Waals surface area contributed by atoms with E-state index >= 15 is 0 Å². The van der Waals surface area contributed by atoms with E-state index in [1.165, 1.54) is 12.1 Å². The Morgan fingerprint density at radius 1 is 1.33 bits per heavy atom. The van der Waals surface area contributed by atoms with Gasteiger partial charge in [-0.2, -0.15) is 0 Å². The molecular weight excluding hydrogens is 316 g/mol. The van der Waals surface area contributed by atoms with Gasteiger partial charge in [-0.15, -0.1) is 5.10 Å². The van der Waals surface area contributed by atoms with Gasteiger partial charge in [-0.1, -0.05) is 16.1 Å². The number of nitrogens with zero attached hydrogens (tertiary/aromatic N) is 3. The lowest BCUT2D eigenvalue weighted by atomic mass is 10.2. The fourth-order valence-corrected chi connectivity index (χ4v) is 2.79. The molecule has 0 unspecified atom stereocenters. The number of amides is 1. The van der Waals surface area contributed by atoms with Crippen LogP contribution < -0.4 is 11.3 Å². The van der Waals surface area contributed by atoms with E-state index in [2.05, 4.69) is 9.59 Å². The van der Waals surface area contributed by atoms with Gasteiger partial charge in [0.15, 0.2) is 5.52 Å². The third-order valence-corrected chi connectivity index (χ3v) is 3.88. The number of hydrogen-bond donors (Lipinski definition) is 2. The minimum atomic E-state index is -0.869. The molecular formula is C12H7ClN4O3S. The van der Waals surface area contributed by atoms with Crippen LogP contribution >= 0.6 is 23.1 Å². The maximum absolute atomic E-state index is 12.4. The van der Waals surface area contributed by atoms with E-state index in [0.717, 1.165) is 16.1 Å². The quantitative estimate of drug-likeness (QED) is 0.738. The molecule has 0 aliphatic carbocycles. The van der Waals surface area contributed by atoms with Crippen molar-refractivity contribution in [1.82, 2.24) is 14.2 Å². The second-order valence-electron chi connectivity index (χ2n) is 4.13. The number of benzene rings is 1. The highest BCUT2D eigenvalue weighted by atomic mass is 35.5. The van der Waals surface area contributed by atoms with Crippen LogP contribution in [-0.2, 0) is 0 Å². The summed E-state index contributed by atoms with van der Waals surface area (Å²) in [5.41, 5.74) is 4.80. The van der Waals surface area contributed by atoms with Gasteiger partial charge < -0.3 is 10.8 Å². The monoisotopic (exact) mass is 322 g/mol. The van der Waals surface area contributed by atoms with Gasteiger partial charge in [0.1, 0.15) is 5.56 Å². The van der Waals surface area contributed by atoms with Crippen molar-refractivity contribution in [2.75, 3.05) is 0 Å². The molecule has 2 heterocycles. The Labute approximate surface area is 126 Å². The Balaban J connectivity index is 2.45. The van der Waals surface area contributed by atoms with E-state index in [-0.39, 0.29) is 15.8 Å². The van der Waals surface area contributed by atoms with Gasteiger partial charge in [-0.25, -0.2) is 4.57 Å². The van der Waals surface area contributed by atoms with E-state index in [0.29, 0.717) is 10.7 Å². The zero-order chi connectivity index (χ0) is 15.1. The second-order valence-corrected chi connectivity index (χ2v) is 5.32. The number of pyridine rings is 1. The predicted octanol–water partition coefficient (Wildman–Crippen LogP) is 1.30. The molecule has 1 aromatic carbocycles. The van der Waals surface area contributed by atoms with Gasteiger partial charge in [0.25, 0.3) is 11.5 Å². The van der Waals surface area contributed by atoms with Crippen LogP contribution in [0.15, 0.2) is 29.1 Å². The topological polar surface area (TPSA) is 111 Å². The third kappa shape index (κ3) is 2.05. The number of carbonyl (C=O) groups excluding carboxylic acids is 1. The van der Waals surface area contributed by atoms with Crippen molar-refractivity contribution in [3.63, 3.8) is 0 Å². The zero-order valence-electron chi connectivity index (χ0n) is 10.3. The van der Waals surface area contributed by atoms with Crippen LogP contribution in [0.3, 0.4) is 0 Å². The summed E-state index contributed by atoms with van der Waals surface area (Å²) in [7, 11) is 0. The number of rotatable bonds is 2. The van der Waals surface area contributed by atoms with Crippen molar-refractivity contribution in [1.29, 1.82) is 0 Å². The Kier molecular flexibility index (Phi) is 3.11. The first kappa shape index (κ1) is 13.5. The fraction of sp³-hybridized carbons (Fsp3) is 0. The number of aromatic nitrogens is 3. The van der Waals surface area contributed by atoms with Crippen LogP contribution in [0.4, 0.5) is 0 Å². The average molecular weight is 323 g/mol. The fourth-order valence-electron chi connectivity index (χ4n) is 1.96. The van der Waals surface area contributed by atoms with Crippen molar-refractivity contribution in [3.05, 3.63) is 45.2 Å². The Bertz CT molecular complexity index is 917. The zero-order valence-corrected chi connectivity index (χ0v) is 11.9. The predicted molar refractivity (Wildman–Crippen MR) is 78.2 cm³/mol. The molecule has 3 N–H and O–H groups in total. The minimum absolute atomic E-state index is 0.0263. The molecule has 0 bridgehead atoms. The summed E-state index contributed by atoms with van der Waals surface area (Å²) in [4.78, 5) is 24.0. The first-order valence-corrected chi connectivity index (χ1v) is 6.81.